The zero-order valence-corrected chi connectivity index (χ0v) is 20.0. The number of nitrogens with zero attached hydrogens (tertiary/aromatic N) is 2. The maximum absolute atomic E-state index is 13.2. The van der Waals surface area contributed by atoms with Gasteiger partial charge in [0.15, 0.2) is 0 Å². The summed E-state index contributed by atoms with van der Waals surface area (Å²) < 4.78 is 39.6. The highest BCUT2D eigenvalue weighted by Crippen LogP contribution is 2.67. The van der Waals surface area contributed by atoms with E-state index in [1.54, 1.807) is 6.08 Å². The van der Waals surface area contributed by atoms with Crippen LogP contribution in [0.1, 0.15) is 69.7 Å². The second-order valence-electron chi connectivity index (χ2n) is 11.6. The quantitative estimate of drug-likeness (QED) is 0.530. The highest BCUT2D eigenvalue weighted by Gasteiger charge is 2.61. The molecule has 2 unspecified atom stereocenters. The molecule has 1 aromatic heterocycles. The fourth-order valence-electron chi connectivity index (χ4n) is 8.56. The van der Waals surface area contributed by atoms with E-state index < -0.39 is 11.7 Å². The number of fused-ring (bicyclic) bond motifs is 6. The molecule has 7 heteroatoms. The lowest BCUT2D eigenvalue weighted by Crippen LogP contribution is -2.59. The van der Waals surface area contributed by atoms with Crippen LogP contribution in [0.25, 0.3) is 11.0 Å². The summed E-state index contributed by atoms with van der Waals surface area (Å²) >= 11 is 0. The van der Waals surface area contributed by atoms with Gasteiger partial charge in [-0.2, -0.15) is 13.2 Å². The Morgan fingerprint density at radius 2 is 1.88 bits per heavy atom. The summed E-state index contributed by atoms with van der Waals surface area (Å²) in [5.74, 6) is 2.93. The molecule has 1 N–H and O–H groups in total. The van der Waals surface area contributed by atoms with Gasteiger partial charge in [-0.05, 0) is 86.0 Å². The van der Waals surface area contributed by atoms with E-state index in [0.717, 1.165) is 50.4 Å². The van der Waals surface area contributed by atoms with Crippen molar-refractivity contribution in [1.29, 1.82) is 0 Å². The third-order valence-corrected chi connectivity index (χ3v) is 10.3. The van der Waals surface area contributed by atoms with Crippen LogP contribution in [0.2, 0.25) is 0 Å². The van der Waals surface area contributed by atoms with Crippen LogP contribution in [0.5, 0.6) is 0 Å². The molecule has 3 fully saturated rings. The number of H-pyrrole nitrogens is 1. The van der Waals surface area contributed by atoms with Crippen LogP contribution in [0, 0.1) is 28.6 Å². The van der Waals surface area contributed by atoms with Crippen LogP contribution in [0.4, 0.5) is 13.2 Å². The minimum atomic E-state index is -4.36. The molecule has 6 rings (SSSR count). The van der Waals surface area contributed by atoms with Gasteiger partial charge in [0.25, 0.3) is 0 Å². The Morgan fingerprint density at radius 3 is 2.65 bits per heavy atom. The first-order valence-electron chi connectivity index (χ1n) is 12.6. The summed E-state index contributed by atoms with van der Waals surface area (Å²) in [7, 11) is 1.94. The van der Waals surface area contributed by atoms with Gasteiger partial charge in [-0.25, -0.2) is 4.98 Å². The first-order valence-corrected chi connectivity index (χ1v) is 12.6. The van der Waals surface area contributed by atoms with E-state index in [1.807, 2.05) is 11.9 Å². The third kappa shape index (κ3) is 2.97. The van der Waals surface area contributed by atoms with Gasteiger partial charge in [-0.1, -0.05) is 19.9 Å². The Balaban J connectivity index is 1.31. The second kappa shape index (κ2) is 7.11. The van der Waals surface area contributed by atoms with Crippen LogP contribution in [-0.4, -0.2) is 33.9 Å². The molecule has 3 aliphatic carbocycles. The standard InChI is InChI=1S/C27H32F3N3O/c1-25-12-10-18-16(5-9-22-26(18,2)13-11-23(34)33(22)3)17(25)6-7-19(25)24-31-20-8-4-15(27(28,29)30)14-21(20)32-24/h4,8,11,13-14,16-19,22H,5-7,9-10,12H2,1-3H3,(H,31,32)/t16-,17-,18+,19?,22?,25-,26+/m0/s1. The van der Waals surface area contributed by atoms with Crippen molar-refractivity contribution in [2.75, 3.05) is 7.05 Å². The third-order valence-electron chi connectivity index (χ3n) is 10.3. The van der Waals surface area contributed by atoms with Gasteiger partial charge in [0.2, 0.25) is 5.91 Å². The first-order chi connectivity index (χ1) is 16.0. The van der Waals surface area contributed by atoms with Crippen molar-refractivity contribution in [2.45, 2.75) is 70.5 Å². The smallest absolute Gasteiger partial charge is 0.342 e. The van der Waals surface area contributed by atoms with Crippen LogP contribution in [-0.2, 0) is 11.0 Å². The number of aromatic amines is 1. The number of hydrogen-bond acceptors (Lipinski definition) is 2. The Morgan fingerprint density at radius 1 is 1.09 bits per heavy atom. The highest BCUT2D eigenvalue weighted by molar-refractivity contribution is 5.89. The summed E-state index contributed by atoms with van der Waals surface area (Å²) in [5, 5.41) is 0. The Bertz CT molecular complexity index is 1190. The van der Waals surface area contributed by atoms with E-state index in [0.29, 0.717) is 28.8 Å². The molecule has 0 radical (unpaired) electrons. The normalized spacial score (nSPS) is 39.8. The predicted octanol–water partition coefficient (Wildman–Crippen LogP) is 6.30. The van der Waals surface area contributed by atoms with Gasteiger partial charge in [-0.3, -0.25) is 4.79 Å². The van der Waals surface area contributed by atoms with E-state index in [2.05, 4.69) is 24.9 Å². The number of nitrogens with one attached hydrogen (secondary N) is 1. The summed E-state index contributed by atoms with van der Waals surface area (Å²) in [6.45, 7) is 4.74. The van der Waals surface area contributed by atoms with Crippen molar-refractivity contribution in [3.8, 4) is 0 Å². The zero-order chi connectivity index (χ0) is 24.0. The Hall–Kier alpha value is -2.31. The van der Waals surface area contributed by atoms with Crippen molar-refractivity contribution >= 4 is 16.9 Å². The summed E-state index contributed by atoms with van der Waals surface area (Å²) in [4.78, 5) is 22.3. The van der Waals surface area contributed by atoms with Crippen LogP contribution < -0.4 is 0 Å². The van der Waals surface area contributed by atoms with Crippen LogP contribution in [0.3, 0.4) is 0 Å². The number of alkyl halides is 3. The molecule has 0 saturated heterocycles. The fourth-order valence-corrected chi connectivity index (χ4v) is 8.56. The molecule has 1 aliphatic heterocycles. The molecule has 4 nitrogen and oxygen atoms in total. The Kier molecular flexibility index (Phi) is 4.64. The van der Waals surface area contributed by atoms with Gasteiger partial charge in [-0.15, -0.1) is 0 Å². The minimum Gasteiger partial charge on any atom is -0.342 e. The monoisotopic (exact) mass is 471 g/mol. The molecule has 2 heterocycles. The SMILES string of the molecule is CN1C(=O)C=C[C@@]2(C)C1CC[C@@H]1[C@H]2CC[C@]2(C)C(c3nc4ccc(C(F)(F)F)cc4[nH]3)CC[C@@H]12. The lowest BCUT2D eigenvalue weighted by Gasteiger charge is -2.60. The molecule has 2 aromatic rings. The van der Waals surface area contributed by atoms with Gasteiger partial charge < -0.3 is 9.88 Å². The van der Waals surface area contributed by atoms with E-state index in [1.165, 1.54) is 12.1 Å². The number of carbonyl (C=O) groups is 1. The molecule has 1 amide bonds. The lowest BCUT2D eigenvalue weighted by molar-refractivity contribution is -0.138. The molecular formula is C27H32F3N3O. The number of hydrogen-bond donors (Lipinski definition) is 1. The number of aromatic nitrogens is 2. The number of amides is 1. The number of imidazole rings is 1. The molecular weight excluding hydrogens is 439 g/mol. The number of rotatable bonds is 1. The van der Waals surface area contributed by atoms with Gasteiger partial charge >= 0.3 is 6.18 Å². The minimum absolute atomic E-state index is 0.0123. The Labute approximate surface area is 198 Å². The molecule has 0 spiro atoms. The van der Waals surface area contributed by atoms with Gasteiger partial charge in [0.1, 0.15) is 5.82 Å². The number of benzene rings is 1. The summed E-state index contributed by atoms with van der Waals surface area (Å²) in [6, 6.07) is 4.06. The summed E-state index contributed by atoms with van der Waals surface area (Å²) in [5.41, 5.74) is 0.541. The van der Waals surface area contributed by atoms with Crippen LogP contribution in [0.15, 0.2) is 30.4 Å². The largest absolute Gasteiger partial charge is 0.416 e. The van der Waals surface area contributed by atoms with Crippen molar-refractivity contribution in [1.82, 2.24) is 14.9 Å². The average Bonchev–Trinajstić information content (AvgIpc) is 3.35. The first kappa shape index (κ1) is 22.2. The maximum atomic E-state index is 13.2. The number of halogens is 3. The van der Waals surface area contributed by atoms with Crippen molar-refractivity contribution in [2.24, 2.45) is 28.6 Å². The van der Waals surface area contributed by atoms with Crippen molar-refractivity contribution in [3.05, 3.63) is 41.7 Å². The van der Waals surface area contributed by atoms with E-state index in [9.17, 15) is 18.0 Å². The highest BCUT2D eigenvalue weighted by atomic mass is 19.4. The molecule has 1 aromatic carbocycles. The van der Waals surface area contributed by atoms with Crippen LogP contribution >= 0.6 is 0 Å². The average molecular weight is 472 g/mol. The van der Waals surface area contributed by atoms with E-state index in [-0.39, 0.29) is 28.7 Å². The van der Waals surface area contributed by atoms with Crippen molar-refractivity contribution < 1.29 is 18.0 Å². The van der Waals surface area contributed by atoms with Crippen molar-refractivity contribution in [3.63, 3.8) is 0 Å². The zero-order valence-electron chi connectivity index (χ0n) is 20.0. The molecule has 0 bridgehead atoms. The van der Waals surface area contributed by atoms with E-state index >= 15 is 0 Å². The topological polar surface area (TPSA) is 49.0 Å². The summed E-state index contributed by atoms with van der Waals surface area (Å²) in [6.07, 6.45) is 6.14. The molecule has 3 saturated carbocycles. The molecule has 4 aliphatic rings. The lowest BCUT2D eigenvalue weighted by atomic mass is 9.47. The number of likely N-dealkylation sites (N-methyl/N-ethyl adjacent to an activating group) is 1. The van der Waals surface area contributed by atoms with Gasteiger partial charge in [0.05, 0.1) is 16.6 Å². The molecule has 7 atom stereocenters. The fraction of sp³-hybridized carbons (Fsp3) is 0.630. The predicted molar refractivity (Wildman–Crippen MR) is 124 cm³/mol. The maximum Gasteiger partial charge on any atom is 0.416 e. The molecule has 34 heavy (non-hydrogen) atoms. The van der Waals surface area contributed by atoms with E-state index in [4.69, 9.17) is 4.98 Å². The number of carbonyl (C=O) groups excluding carboxylic acids is 1. The van der Waals surface area contributed by atoms with Gasteiger partial charge in [0, 0.05) is 24.4 Å². The molecule has 182 valence electrons. The second-order valence-corrected chi connectivity index (χ2v) is 11.6.